The van der Waals surface area contributed by atoms with Crippen LogP contribution in [0.2, 0.25) is 0 Å². The predicted octanol–water partition coefficient (Wildman–Crippen LogP) is 2.83. The smallest absolute Gasteiger partial charge is 0.238 e. The molecular weight excluding hydrogens is 366 g/mol. The van der Waals surface area contributed by atoms with Crippen molar-refractivity contribution < 1.29 is 17.9 Å². The zero-order valence-electron chi connectivity index (χ0n) is 15.4. The molecule has 0 aliphatic carbocycles. The van der Waals surface area contributed by atoms with Crippen molar-refractivity contribution in [3.8, 4) is 11.5 Å². The van der Waals surface area contributed by atoms with Crippen molar-refractivity contribution in [2.75, 3.05) is 11.9 Å². The molecule has 2 aromatic rings. The van der Waals surface area contributed by atoms with Gasteiger partial charge in [-0.1, -0.05) is 13.8 Å². The van der Waals surface area contributed by atoms with Gasteiger partial charge in [0.15, 0.2) is 0 Å². The number of sulfonamides is 1. The third kappa shape index (κ3) is 5.06. The summed E-state index contributed by atoms with van der Waals surface area (Å²) in [5, 5.41) is 7.96. The van der Waals surface area contributed by atoms with Crippen molar-refractivity contribution in [3.05, 3.63) is 48.5 Å². The maximum absolute atomic E-state index is 12.5. The molecule has 0 saturated heterocycles. The fourth-order valence-corrected chi connectivity index (χ4v) is 3.17. The van der Waals surface area contributed by atoms with Gasteiger partial charge < -0.3 is 15.8 Å². The van der Waals surface area contributed by atoms with E-state index in [0.717, 1.165) is 0 Å². The van der Waals surface area contributed by atoms with Crippen LogP contribution in [0.5, 0.6) is 11.5 Å². The summed E-state index contributed by atoms with van der Waals surface area (Å²) in [4.78, 5) is 12.6. The van der Waals surface area contributed by atoms with E-state index in [2.05, 4.69) is 5.32 Å². The number of ether oxygens (including phenoxy) is 1. The van der Waals surface area contributed by atoms with Gasteiger partial charge in [0.05, 0.1) is 10.3 Å². The Morgan fingerprint density at radius 1 is 1.00 bits per heavy atom. The standard InChI is InChI=1S/C19H25N3O4S/c1-3-19(4-2,13-20)18(23)22-14-5-7-15(8-6-14)26-16-9-11-17(12-10-16)27(21,24)25/h5-12H,3-4,13,20H2,1-2H3,(H,22,23)(H2,21,24,25). The lowest BCUT2D eigenvalue weighted by molar-refractivity contribution is -0.125. The lowest BCUT2D eigenvalue weighted by Crippen LogP contribution is -2.41. The van der Waals surface area contributed by atoms with E-state index < -0.39 is 15.4 Å². The highest BCUT2D eigenvalue weighted by Gasteiger charge is 2.33. The van der Waals surface area contributed by atoms with Gasteiger partial charge in [-0.25, -0.2) is 13.6 Å². The zero-order valence-corrected chi connectivity index (χ0v) is 16.3. The molecule has 0 aliphatic heterocycles. The van der Waals surface area contributed by atoms with Crippen LogP contribution in [0, 0.1) is 5.41 Å². The molecule has 0 saturated carbocycles. The number of hydrogen-bond donors (Lipinski definition) is 3. The minimum atomic E-state index is -3.73. The molecule has 2 aromatic carbocycles. The molecule has 0 radical (unpaired) electrons. The van der Waals surface area contributed by atoms with Gasteiger partial charge in [0.2, 0.25) is 15.9 Å². The topological polar surface area (TPSA) is 125 Å². The van der Waals surface area contributed by atoms with Crippen molar-refractivity contribution in [3.63, 3.8) is 0 Å². The first-order valence-corrected chi connectivity index (χ1v) is 10.2. The van der Waals surface area contributed by atoms with E-state index in [1.165, 1.54) is 24.3 Å². The number of nitrogens with two attached hydrogens (primary N) is 2. The van der Waals surface area contributed by atoms with Gasteiger partial charge in [-0.3, -0.25) is 4.79 Å². The fraction of sp³-hybridized carbons (Fsp3) is 0.316. The van der Waals surface area contributed by atoms with Gasteiger partial charge >= 0.3 is 0 Å². The second-order valence-electron chi connectivity index (χ2n) is 6.29. The molecule has 8 heteroatoms. The third-order valence-electron chi connectivity index (χ3n) is 4.73. The minimum absolute atomic E-state index is 0.0168. The Balaban J connectivity index is 2.06. The van der Waals surface area contributed by atoms with Crippen molar-refractivity contribution in [1.29, 1.82) is 0 Å². The molecule has 5 N–H and O–H groups in total. The highest BCUT2D eigenvalue weighted by molar-refractivity contribution is 7.89. The van der Waals surface area contributed by atoms with Crippen LogP contribution in [-0.2, 0) is 14.8 Å². The van der Waals surface area contributed by atoms with Crippen molar-refractivity contribution >= 4 is 21.6 Å². The Morgan fingerprint density at radius 2 is 1.48 bits per heavy atom. The van der Waals surface area contributed by atoms with Crippen LogP contribution in [0.3, 0.4) is 0 Å². The van der Waals surface area contributed by atoms with E-state index in [1.807, 2.05) is 13.8 Å². The Morgan fingerprint density at radius 3 is 1.89 bits per heavy atom. The maximum atomic E-state index is 12.5. The molecule has 2 rings (SSSR count). The third-order valence-corrected chi connectivity index (χ3v) is 5.66. The SMILES string of the molecule is CCC(CC)(CN)C(=O)Nc1ccc(Oc2ccc(S(N)(=O)=O)cc2)cc1. The maximum Gasteiger partial charge on any atom is 0.238 e. The summed E-state index contributed by atoms with van der Waals surface area (Å²) in [5.41, 5.74) is 5.89. The van der Waals surface area contributed by atoms with E-state index in [0.29, 0.717) is 36.6 Å². The van der Waals surface area contributed by atoms with Gasteiger partial charge in [0.1, 0.15) is 11.5 Å². The molecule has 0 aliphatic rings. The first-order chi connectivity index (χ1) is 12.7. The number of carbonyl (C=O) groups excluding carboxylic acids is 1. The summed E-state index contributed by atoms with van der Waals surface area (Å²) in [6.07, 6.45) is 1.34. The molecule has 0 aromatic heterocycles. The number of rotatable bonds is 8. The summed E-state index contributed by atoms with van der Waals surface area (Å²) < 4.78 is 28.2. The summed E-state index contributed by atoms with van der Waals surface area (Å²) in [7, 11) is -3.73. The van der Waals surface area contributed by atoms with Crippen molar-refractivity contribution in [1.82, 2.24) is 0 Å². The van der Waals surface area contributed by atoms with Crippen molar-refractivity contribution in [2.24, 2.45) is 16.3 Å². The van der Waals surface area contributed by atoms with Crippen LogP contribution in [-0.4, -0.2) is 20.9 Å². The number of nitrogens with one attached hydrogen (secondary N) is 1. The lowest BCUT2D eigenvalue weighted by Gasteiger charge is -2.28. The first-order valence-electron chi connectivity index (χ1n) is 8.66. The number of primary sulfonamides is 1. The number of hydrogen-bond acceptors (Lipinski definition) is 5. The summed E-state index contributed by atoms with van der Waals surface area (Å²) >= 11 is 0. The van der Waals surface area contributed by atoms with E-state index in [-0.39, 0.29) is 10.8 Å². The lowest BCUT2D eigenvalue weighted by atomic mass is 9.81. The minimum Gasteiger partial charge on any atom is -0.457 e. The molecule has 0 unspecified atom stereocenters. The highest BCUT2D eigenvalue weighted by atomic mass is 32.2. The molecule has 27 heavy (non-hydrogen) atoms. The molecule has 0 bridgehead atoms. The van der Waals surface area contributed by atoms with Crippen LogP contribution in [0.1, 0.15) is 26.7 Å². The second-order valence-corrected chi connectivity index (χ2v) is 7.85. The summed E-state index contributed by atoms with van der Waals surface area (Å²) in [5.74, 6) is 0.924. The van der Waals surface area contributed by atoms with Crippen LogP contribution in [0.15, 0.2) is 53.4 Å². The zero-order chi connectivity index (χ0) is 20.1. The molecular formula is C19H25N3O4S. The van der Waals surface area contributed by atoms with E-state index in [1.54, 1.807) is 24.3 Å². The predicted molar refractivity (Wildman–Crippen MR) is 105 cm³/mol. The number of amides is 1. The van der Waals surface area contributed by atoms with E-state index in [4.69, 9.17) is 15.6 Å². The molecule has 0 atom stereocenters. The van der Waals surface area contributed by atoms with Crippen LogP contribution < -0.4 is 20.9 Å². The molecule has 146 valence electrons. The quantitative estimate of drug-likeness (QED) is 0.638. The molecule has 7 nitrogen and oxygen atoms in total. The Labute approximate surface area is 159 Å². The summed E-state index contributed by atoms with van der Waals surface area (Å²) in [6, 6.07) is 12.7. The average Bonchev–Trinajstić information content (AvgIpc) is 2.65. The van der Waals surface area contributed by atoms with Gasteiger partial charge in [0, 0.05) is 12.2 Å². The highest BCUT2D eigenvalue weighted by Crippen LogP contribution is 2.28. The number of benzene rings is 2. The van der Waals surface area contributed by atoms with Crippen molar-refractivity contribution in [2.45, 2.75) is 31.6 Å². The monoisotopic (exact) mass is 391 g/mol. The number of carbonyl (C=O) groups is 1. The van der Waals surface area contributed by atoms with Crippen LogP contribution in [0.4, 0.5) is 5.69 Å². The summed E-state index contributed by atoms with van der Waals surface area (Å²) in [6.45, 7) is 4.20. The Bertz CT molecular complexity index is 866. The van der Waals surface area contributed by atoms with Gasteiger partial charge in [-0.05, 0) is 61.4 Å². The fourth-order valence-electron chi connectivity index (χ4n) is 2.66. The van der Waals surface area contributed by atoms with Crippen LogP contribution in [0.25, 0.3) is 0 Å². The largest absolute Gasteiger partial charge is 0.457 e. The second kappa shape index (κ2) is 8.51. The first kappa shape index (κ1) is 20.9. The normalized spacial score (nSPS) is 11.9. The molecule has 0 fully saturated rings. The van der Waals surface area contributed by atoms with Gasteiger partial charge in [0.25, 0.3) is 0 Å². The molecule has 0 heterocycles. The Hall–Kier alpha value is -2.42. The van der Waals surface area contributed by atoms with E-state index >= 15 is 0 Å². The van der Waals surface area contributed by atoms with E-state index in [9.17, 15) is 13.2 Å². The van der Waals surface area contributed by atoms with Gasteiger partial charge in [-0.15, -0.1) is 0 Å². The van der Waals surface area contributed by atoms with Gasteiger partial charge in [-0.2, -0.15) is 0 Å². The number of anilines is 1. The Kier molecular flexibility index (Phi) is 6.59. The average molecular weight is 391 g/mol. The molecule has 1 amide bonds. The van der Waals surface area contributed by atoms with Crippen LogP contribution >= 0.6 is 0 Å². The molecule has 0 spiro atoms.